The quantitative estimate of drug-likeness (QED) is 0.836. The van der Waals surface area contributed by atoms with Gasteiger partial charge >= 0.3 is 6.09 Å². The first-order chi connectivity index (χ1) is 6.66. The van der Waals surface area contributed by atoms with E-state index in [0.717, 1.165) is 5.56 Å². The van der Waals surface area contributed by atoms with Crippen molar-refractivity contribution in [1.29, 1.82) is 0 Å². The second kappa shape index (κ2) is 4.72. The number of aromatic hydroxyl groups is 1. The summed E-state index contributed by atoms with van der Waals surface area (Å²) in [5.74, 6) is 0.180. The molecule has 1 atom stereocenters. The van der Waals surface area contributed by atoms with Crippen LogP contribution in [-0.4, -0.2) is 17.8 Å². The zero-order valence-corrected chi connectivity index (χ0v) is 9.97. The molecule has 1 amide bonds. The maximum Gasteiger partial charge on any atom is 0.407 e. The normalized spacial score (nSPS) is 19.0. The molecule has 15 heavy (non-hydrogen) atoms. The standard InChI is InChI=1S/C9H8BrNO3.ClH/c10-6-3-5(1-2-8(6)12)7-4-14-9(13)11-7;/h1-3,7,12H,4H2,(H,11,13);1H/t7-;/m0./s1. The average Bonchev–Trinajstić information content (AvgIpc) is 2.57. The summed E-state index contributed by atoms with van der Waals surface area (Å²) in [6.07, 6.45) is -0.404. The van der Waals surface area contributed by atoms with E-state index in [9.17, 15) is 9.90 Å². The topological polar surface area (TPSA) is 58.6 Å². The van der Waals surface area contributed by atoms with Crippen molar-refractivity contribution in [3.8, 4) is 5.75 Å². The fraction of sp³-hybridized carbons (Fsp3) is 0.222. The van der Waals surface area contributed by atoms with Gasteiger partial charge in [-0.25, -0.2) is 4.79 Å². The molecule has 1 aliphatic heterocycles. The van der Waals surface area contributed by atoms with Crippen LogP contribution in [0, 0.1) is 0 Å². The summed E-state index contributed by atoms with van der Waals surface area (Å²) in [5.41, 5.74) is 0.903. The van der Waals surface area contributed by atoms with Gasteiger partial charge < -0.3 is 15.2 Å². The van der Waals surface area contributed by atoms with Crippen LogP contribution in [-0.2, 0) is 4.74 Å². The van der Waals surface area contributed by atoms with E-state index < -0.39 is 6.09 Å². The SMILES string of the molecule is Cl.O=C1N[C@H](c2ccc(O)c(Br)c2)CO1. The molecule has 82 valence electrons. The lowest BCUT2D eigenvalue weighted by Gasteiger charge is -2.08. The summed E-state index contributed by atoms with van der Waals surface area (Å²) in [6, 6.07) is 4.96. The molecule has 1 fully saturated rings. The largest absolute Gasteiger partial charge is 0.507 e. The van der Waals surface area contributed by atoms with Gasteiger partial charge in [-0.2, -0.15) is 0 Å². The highest BCUT2D eigenvalue weighted by Gasteiger charge is 2.23. The van der Waals surface area contributed by atoms with Crippen molar-refractivity contribution in [2.24, 2.45) is 0 Å². The molecule has 0 spiro atoms. The van der Waals surface area contributed by atoms with E-state index >= 15 is 0 Å². The third kappa shape index (κ3) is 2.54. The molecular formula is C9H9BrClNO3. The van der Waals surface area contributed by atoms with Crippen LogP contribution in [0.25, 0.3) is 0 Å². The molecule has 2 N–H and O–H groups in total. The Morgan fingerprint density at radius 3 is 2.80 bits per heavy atom. The number of phenolic OH excluding ortho intramolecular Hbond substituents is 1. The molecule has 0 unspecified atom stereocenters. The van der Waals surface area contributed by atoms with E-state index in [0.29, 0.717) is 11.1 Å². The van der Waals surface area contributed by atoms with E-state index in [1.54, 1.807) is 18.2 Å². The van der Waals surface area contributed by atoms with E-state index in [-0.39, 0.29) is 24.2 Å². The van der Waals surface area contributed by atoms with Crippen LogP contribution < -0.4 is 5.32 Å². The van der Waals surface area contributed by atoms with Gasteiger partial charge in [0.05, 0.1) is 10.5 Å². The van der Waals surface area contributed by atoms with Crippen LogP contribution >= 0.6 is 28.3 Å². The molecule has 6 heteroatoms. The Hall–Kier alpha value is -0.940. The third-order valence-electron chi connectivity index (χ3n) is 2.05. The van der Waals surface area contributed by atoms with Crippen molar-refractivity contribution in [3.63, 3.8) is 0 Å². The molecular weight excluding hydrogens is 285 g/mol. The molecule has 1 heterocycles. The number of amides is 1. The highest BCUT2D eigenvalue weighted by molar-refractivity contribution is 9.10. The first-order valence-corrected chi connectivity index (χ1v) is 4.88. The highest BCUT2D eigenvalue weighted by atomic mass is 79.9. The summed E-state index contributed by atoms with van der Waals surface area (Å²) in [5, 5.41) is 11.9. The van der Waals surface area contributed by atoms with Crippen molar-refractivity contribution in [1.82, 2.24) is 5.32 Å². The summed E-state index contributed by atoms with van der Waals surface area (Å²) in [4.78, 5) is 10.8. The number of hydrogen-bond acceptors (Lipinski definition) is 3. The second-order valence-electron chi connectivity index (χ2n) is 3.01. The zero-order valence-electron chi connectivity index (χ0n) is 7.57. The van der Waals surface area contributed by atoms with Crippen molar-refractivity contribution in [2.45, 2.75) is 6.04 Å². The van der Waals surface area contributed by atoms with Gasteiger partial charge in [0.15, 0.2) is 0 Å². The Bertz CT molecular complexity index is 386. The molecule has 4 nitrogen and oxygen atoms in total. The Balaban J connectivity index is 0.00000112. The third-order valence-corrected chi connectivity index (χ3v) is 2.68. The summed E-state index contributed by atoms with van der Waals surface area (Å²) in [6.45, 7) is 0.329. The van der Waals surface area contributed by atoms with Crippen LogP contribution in [0.4, 0.5) is 4.79 Å². The van der Waals surface area contributed by atoms with Gasteiger partial charge in [0.1, 0.15) is 12.4 Å². The predicted octanol–water partition coefficient (Wildman–Crippen LogP) is 2.36. The molecule has 1 aliphatic rings. The van der Waals surface area contributed by atoms with E-state index in [1.807, 2.05) is 0 Å². The van der Waals surface area contributed by atoms with E-state index in [2.05, 4.69) is 21.2 Å². The summed E-state index contributed by atoms with van der Waals surface area (Å²) >= 11 is 3.20. The molecule has 2 rings (SSSR count). The van der Waals surface area contributed by atoms with Crippen LogP contribution in [0.2, 0.25) is 0 Å². The van der Waals surface area contributed by atoms with Crippen LogP contribution in [0.5, 0.6) is 5.75 Å². The Labute approximate surface area is 101 Å². The number of phenols is 1. The van der Waals surface area contributed by atoms with Crippen LogP contribution in [0.3, 0.4) is 0 Å². The number of ether oxygens (including phenoxy) is 1. The molecule has 0 aliphatic carbocycles. The zero-order chi connectivity index (χ0) is 10.1. The van der Waals surface area contributed by atoms with Crippen molar-refractivity contribution >= 4 is 34.4 Å². The Morgan fingerprint density at radius 1 is 1.53 bits per heavy atom. The molecule has 1 saturated heterocycles. The van der Waals surface area contributed by atoms with Gasteiger partial charge in [-0.1, -0.05) is 6.07 Å². The molecule has 1 aromatic carbocycles. The predicted molar refractivity (Wildman–Crippen MR) is 60.3 cm³/mol. The second-order valence-corrected chi connectivity index (χ2v) is 3.86. The van der Waals surface area contributed by atoms with Crippen molar-refractivity contribution in [2.75, 3.05) is 6.61 Å². The van der Waals surface area contributed by atoms with Gasteiger partial charge in [-0.3, -0.25) is 0 Å². The number of cyclic esters (lactones) is 1. The number of hydrogen-bond donors (Lipinski definition) is 2. The Kier molecular flexibility index (Phi) is 3.82. The highest BCUT2D eigenvalue weighted by Crippen LogP contribution is 2.28. The number of carbonyl (C=O) groups excluding carboxylic acids is 1. The number of benzene rings is 1. The number of halogens is 2. The minimum absolute atomic E-state index is 0. The average molecular weight is 295 g/mol. The minimum Gasteiger partial charge on any atom is -0.507 e. The van der Waals surface area contributed by atoms with Crippen molar-refractivity contribution in [3.05, 3.63) is 28.2 Å². The monoisotopic (exact) mass is 293 g/mol. The van der Waals surface area contributed by atoms with E-state index in [1.165, 1.54) is 0 Å². The van der Waals surface area contributed by atoms with Gasteiger partial charge in [0.2, 0.25) is 0 Å². The first-order valence-electron chi connectivity index (χ1n) is 4.08. The van der Waals surface area contributed by atoms with Gasteiger partial charge in [-0.15, -0.1) is 12.4 Å². The van der Waals surface area contributed by atoms with Gasteiger partial charge in [0.25, 0.3) is 0 Å². The fourth-order valence-corrected chi connectivity index (χ4v) is 1.70. The van der Waals surface area contributed by atoms with Crippen LogP contribution in [0.1, 0.15) is 11.6 Å². The molecule has 1 aromatic rings. The fourth-order valence-electron chi connectivity index (χ4n) is 1.30. The number of rotatable bonds is 1. The van der Waals surface area contributed by atoms with Crippen molar-refractivity contribution < 1.29 is 14.6 Å². The molecule has 0 bridgehead atoms. The number of alkyl carbamates (subject to hydrolysis) is 1. The van der Waals surface area contributed by atoms with Gasteiger partial charge in [-0.05, 0) is 33.6 Å². The maximum absolute atomic E-state index is 10.8. The van der Waals surface area contributed by atoms with E-state index in [4.69, 9.17) is 4.74 Å². The lowest BCUT2D eigenvalue weighted by molar-refractivity contribution is 0.177. The van der Waals surface area contributed by atoms with Crippen LogP contribution in [0.15, 0.2) is 22.7 Å². The summed E-state index contributed by atoms with van der Waals surface area (Å²) in [7, 11) is 0. The number of nitrogens with one attached hydrogen (secondary N) is 1. The maximum atomic E-state index is 10.8. The molecule has 0 saturated carbocycles. The summed E-state index contributed by atoms with van der Waals surface area (Å²) < 4.78 is 5.37. The van der Waals surface area contributed by atoms with Gasteiger partial charge in [0, 0.05) is 0 Å². The minimum atomic E-state index is -0.404. The smallest absolute Gasteiger partial charge is 0.407 e. The lowest BCUT2D eigenvalue weighted by Crippen LogP contribution is -2.18. The molecule has 0 radical (unpaired) electrons. The molecule has 0 aromatic heterocycles. The number of carbonyl (C=O) groups is 1. The first kappa shape index (κ1) is 12.1. The lowest BCUT2D eigenvalue weighted by atomic mass is 10.1. The Morgan fingerprint density at radius 2 is 2.27 bits per heavy atom.